The van der Waals surface area contributed by atoms with Gasteiger partial charge in [-0.3, -0.25) is 9.69 Å². The zero-order valence-electron chi connectivity index (χ0n) is 21.6. The van der Waals surface area contributed by atoms with Crippen molar-refractivity contribution in [2.45, 2.75) is 53.4 Å². The molecular weight excluding hydrogens is 460 g/mol. The lowest BCUT2D eigenvalue weighted by Crippen LogP contribution is -2.28. The molecule has 0 bridgehead atoms. The Balaban J connectivity index is 1.42. The van der Waals surface area contributed by atoms with Gasteiger partial charge in [-0.15, -0.1) is 5.10 Å². The van der Waals surface area contributed by atoms with Crippen LogP contribution in [0.15, 0.2) is 77.6 Å². The van der Waals surface area contributed by atoms with E-state index in [-0.39, 0.29) is 5.56 Å². The zero-order valence-corrected chi connectivity index (χ0v) is 21.6. The number of nitrogens with one attached hydrogen (secondary N) is 1. The van der Waals surface area contributed by atoms with Crippen molar-refractivity contribution in [2.75, 3.05) is 0 Å². The molecule has 37 heavy (non-hydrogen) atoms. The third kappa shape index (κ3) is 6.01. The van der Waals surface area contributed by atoms with Gasteiger partial charge in [0.25, 0.3) is 5.56 Å². The van der Waals surface area contributed by atoms with Crippen molar-refractivity contribution in [1.82, 2.24) is 30.1 Å². The third-order valence-corrected chi connectivity index (χ3v) is 6.74. The molecule has 5 rings (SSSR count). The molecule has 0 fully saturated rings. The van der Waals surface area contributed by atoms with E-state index in [1.807, 2.05) is 41.9 Å². The summed E-state index contributed by atoms with van der Waals surface area (Å²) in [4.78, 5) is 18.4. The second-order valence-corrected chi connectivity index (χ2v) is 9.85. The molecule has 0 atom stereocenters. The number of H-pyrrole nitrogens is 1. The Kier molecular flexibility index (Phi) is 7.23. The fourth-order valence-corrected chi connectivity index (χ4v) is 4.78. The number of aryl methyl sites for hydroxylation is 5. The molecule has 3 aromatic carbocycles. The molecule has 0 radical (unpaired) electrons. The van der Waals surface area contributed by atoms with E-state index in [0.717, 1.165) is 39.8 Å². The maximum Gasteiger partial charge on any atom is 0.252 e. The number of rotatable bonds is 9. The van der Waals surface area contributed by atoms with Crippen LogP contribution in [-0.2, 0) is 32.6 Å². The summed E-state index contributed by atoms with van der Waals surface area (Å²) in [6.45, 7) is 8.60. The van der Waals surface area contributed by atoms with Crippen LogP contribution in [0.1, 0.15) is 39.2 Å². The van der Waals surface area contributed by atoms with Crippen LogP contribution in [0.5, 0.6) is 0 Å². The van der Waals surface area contributed by atoms with Crippen LogP contribution < -0.4 is 5.56 Å². The number of pyridine rings is 1. The SMILES string of the molecule is Cc1ccc(CN(Cc2cc3c(C)cc(C)cc3[nH]c2=O)Cc2nnnn2CCc2ccccc2)cc1. The van der Waals surface area contributed by atoms with Crippen molar-refractivity contribution in [3.05, 3.63) is 122 Å². The minimum absolute atomic E-state index is 0.0601. The van der Waals surface area contributed by atoms with E-state index in [9.17, 15) is 4.79 Å². The molecule has 0 aliphatic carbocycles. The van der Waals surface area contributed by atoms with Crippen LogP contribution in [-0.4, -0.2) is 30.1 Å². The molecule has 7 heteroatoms. The Morgan fingerprint density at radius 3 is 2.41 bits per heavy atom. The highest BCUT2D eigenvalue weighted by molar-refractivity contribution is 5.83. The van der Waals surface area contributed by atoms with Crippen molar-refractivity contribution >= 4 is 10.9 Å². The number of aromatic nitrogens is 5. The van der Waals surface area contributed by atoms with Crippen LogP contribution in [0.2, 0.25) is 0 Å². The van der Waals surface area contributed by atoms with Crippen LogP contribution in [0.25, 0.3) is 10.9 Å². The van der Waals surface area contributed by atoms with Gasteiger partial charge < -0.3 is 4.98 Å². The first-order chi connectivity index (χ1) is 17.9. The zero-order chi connectivity index (χ0) is 25.8. The van der Waals surface area contributed by atoms with Crippen LogP contribution in [0.3, 0.4) is 0 Å². The van der Waals surface area contributed by atoms with Crippen LogP contribution >= 0.6 is 0 Å². The van der Waals surface area contributed by atoms with Gasteiger partial charge in [0, 0.05) is 36.1 Å². The van der Waals surface area contributed by atoms with E-state index in [1.165, 1.54) is 16.7 Å². The molecule has 1 N–H and O–H groups in total. The third-order valence-electron chi connectivity index (χ3n) is 6.74. The first-order valence-electron chi connectivity index (χ1n) is 12.6. The molecule has 0 saturated carbocycles. The summed E-state index contributed by atoms with van der Waals surface area (Å²) in [6, 6.07) is 25.1. The van der Waals surface area contributed by atoms with E-state index in [0.29, 0.717) is 26.2 Å². The highest BCUT2D eigenvalue weighted by Gasteiger charge is 2.16. The first-order valence-corrected chi connectivity index (χ1v) is 12.6. The molecule has 0 amide bonds. The van der Waals surface area contributed by atoms with Gasteiger partial charge in [-0.25, -0.2) is 4.68 Å². The lowest BCUT2D eigenvalue weighted by atomic mass is 10.0. The number of benzene rings is 3. The molecule has 188 valence electrons. The Bertz CT molecular complexity index is 1550. The predicted molar refractivity (Wildman–Crippen MR) is 146 cm³/mol. The standard InChI is InChI=1S/C30H32N6O/c1-21-9-11-25(12-10-21)18-35(19-26-17-27-23(3)15-22(2)16-28(27)31-30(26)37)20-29-32-33-34-36(29)14-13-24-7-5-4-6-8-24/h4-12,15-17H,13-14,18-20H2,1-3H3,(H,31,37). The summed E-state index contributed by atoms with van der Waals surface area (Å²) >= 11 is 0. The largest absolute Gasteiger partial charge is 0.322 e. The topological polar surface area (TPSA) is 79.7 Å². The van der Waals surface area contributed by atoms with Gasteiger partial charge in [0.15, 0.2) is 5.82 Å². The van der Waals surface area contributed by atoms with Crippen LogP contribution in [0.4, 0.5) is 0 Å². The molecule has 0 aliphatic rings. The van der Waals surface area contributed by atoms with Crippen molar-refractivity contribution in [1.29, 1.82) is 0 Å². The Labute approximate surface area is 216 Å². The summed E-state index contributed by atoms with van der Waals surface area (Å²) in [6.07, 6.45) is 0.847. The Morgan fingerprint density at radius 2 is 1.62 bits per heavy atom. The van der Waals surface area contributed by atoms with E-state index >= 15 is 0 Å². The van der Waals surface area contributed by atoms with Gasteiger partial charge >= 0.3 is 0 Å². The Hall–Kier alpha value is -4.10. The summed E-state index contributed by atoms with van der Waals surface area (Å²) in [5.74, 6) is 0.784. The predicted octanol–water partition coefficient (Wildman–Crippen LogP) is 4.88. The number of hydrogen-bond acceptors (Lipinski definition) is 5. The maximum atomic E-state index is 13.1. The van der Waals surface area contributed by atoms with Gasteiger partial charge in [0.1, 0.15) is 0 Å². The van der Waals surface area contributed by atoms with Crippen molar-refractivity contribution in [3.8, 4) is 0 Å². The quantitative estimate of drug-likeness (QED) is 0.317. The molecule has 0 saturated heterocycles. The smallest absolute Gasteiger partial charge is 0.252 e. The lowest BCUT2D eigenvalue weighted by molar-refractivity contribution is 0.235. The molecular formula is C30H32N6O. The van der Waals surface area contributed by atoms with Gasteiger partial charge in [-0.2, -0.15) is 0 Å². The molecule has 0 spiro atoms. The van der Waals surface area contributed by atoms with E-state index in [4.69, 9.17) is 0 Å². The second kappa shape index (κ2) is 10.9. The average Bonchev–Trinajstić information content (AvgIpc) is 3.32. The average molecular weight is 493 g/mol. The minimum Gasteiger partial charge on any atom is -0.322 e. The molecule has 0 aliphatic heterocycles. The molecule has 0 unspecified atom stereocenters. The second-order valence-electron chi connectivity index (χ2n) is 9.85. The number of tetrazole rings is 1. The van der Waals surface area contributed by atoms with Gasteiger partial charge in [0.2, 0.25) is 0 Å². The number of aromatic amines is 1. The van der Waals surface area contributed by atoms with Crippen molar-refractivity contribution in [2.24, 2.45) is 0 Å². The fourth-order valence-electron chi connectivity index (χ4n) is 4.78. The van der Waals surface area contributed by atoms with Gasteiger partial charge in [-0.05, 0) is 72.0 Å². The molecule has 2 heterocycles. The number of hydrogen-bond donors (Lipinski definition) is 1. The van der Waals surface area contributed by atoms with Gasteiger partial charge in [-0.1, -0.05) is 66.2 Å². The highest BCUT2D eigenvalue weighted by atomic mass is 16.1. The van der Waals surface area contributed by atoms with Crippen LogP contribution in [0, 0.1) is 20.8 Å². The van der Waals surface area contributed by atoms with E-state index in [1.54, 1.807) is 0 Å². The summed E-state index contributed by atoms with van der Waals surface area (Å²) in [5, 5.41) is 13.6. The molecule has 5 aromatic rings. The fraction of sp³-hybridized carbons (Fsp3) is 0.267. The number of fused-ring (bicyclic) bond motifs is 1. The van der Waals surface area contributed by atoms with Crippen molar-refractivity contribution in [3.63, 3.8) is 0 Å². The van der Waals surface area contributed by atoms with E-state index in [2.05, 4.69) is 81.7 Å². The highest BCUT2D eigenvalue weighted by Crippen LogP contribution is 2.20. The van der Waals surface area contributed by atoms with E-state index < -0.39 is 0 Å². The molecule has 2 aromatic heterocycles. The Morgan fingerprint density at radius 1 is 0.838 bits per heavy atom. The summed E-state index contributed by atoms with van der Waals surface area (Å²) < 4.78 is 1.87. The maximum absolute atomic E-state index is 13.1. The monoisotopic (exact) mass is 492 g/mol. The van der Waals surface area contributed by atoms with Crippen molar-refractivity contribution < 1.29 is 0 Å². The number of nitrogens with zero attached hydrogens (tertiary/aromatic N) is 5. The lowest BCUT2D eigenvalue weighted by Gasteiger charge is -2.22. The normalized spacial score (nSPS) is 11.5. The first kappa shape index (κ1) is 24.6. The summed E-state index contributed by atoms with van der Waals surface area (Å²) in [5.41, 5.74) is 7.48. The molecule has 7 nitrogen and oxygen atoms in total. The summed E-state index contributed by atoms with van der Waals surface area (Å²) in [7, 11) is 0. The minimum atomic E-state index is -0.0601. The van der Waals surface area contributed by atoms with Gasteiger partial charge in [0.05, 0.1) is 6.54 Å².